The Morgan fingerprint density at radius 2 is 1.34 bits per heavy atom. The standard InChI is InChI=1S/C38H42N2O4/c1-28-13-16-32(43-21-8-4-2-6-19-41)23-29(28)14-15-31-25-36-34-18-17-33(44-22-9-5-3-7-20-42)24-30(34)11-10-12-35(36)38(27-40)37(31)26-39/h13,16-20,23-25H,2-12,14-15,21-22H2,1H3. The maximum absolute atomic E-state index is 10.5. The molecule has 6 nitrogen and oxygen atoms in total. The summed E-state index contributed by atoms with van der Waals surface area (Å²) in [5, 5.41) is 20.4. The van der Waals surface area contributed by atoms with Crippen molar-refractivity contribution >= 4 is 12.6 Å². The van der Waals surface area contributed by atoms with E-state index in [1.807, 2.05) is 12.1 Å². The molecule has 1 aliphatic carbocycles. The van der Waals surface area contributed by atoms with Crippen molar-refractivity contribution in [2.45, 2.75) is 90.4 Å². The number of hydrogen-bond donors (Lipinski definition) is 0. The Balaban J connectivity index is 1.53. The van der Waals surface area contributed by atoms with Crippen LogP contribution in [0.3, 0.4) is 0 Å². The number of fused-ring (bicyclic) bond motifs is 3. The minimum absolute atomic E-state index is 0.490. The lowest BCUT2D eigenvalue weighted by molar-refractivity contribution is -0.108. The van der Waals surface area contributed by atoms with Gasteiger partial charge in [-0.2, -0.15) is 10.5 Å². The average Bonchev–Trinajstić information content (AvgIpc) is 3.22. The molecule has 0 spiro atoms. The van der Waals surface area contributed by atoms with Gasteiger partial charge in [-0.05, 0) is 147 Å². The first-order chi connectivity index (χ1) is 21.6. The highest BCUT2D eigenvalue weighted by Gasteiger charge is 2.23. The van der Waals surface area contributed by atoms with Crippen molar-refractivity contribution in [1.82, 2.24) is 0 Å². The number of carbonyl (C=O) groups excluding carboxylic acids is 2. The summed E-state index contributed by atoms with van der Waals surface area (Å²) in [5.74, 6) is 1.67. The molecule has 228 valence electrons. The van der Waals surface area contributed by atoms with E-state index in [2.05, 4.69) is 49.4 Å². The lowest BCUT2D eigenvalue weighted by Crippen LogP contribution is -2.05. The molecule has 44 heavy (non-hydrogen) atoms. The van der Waals surface area contributed by atoms with Gasteiger partial charge in [0.25, 0.3) is 0 Å². The van der Waals surface area contributed by atoms with E-state index in [1.165, 1.54) is 11.1 Å². The lowest BCUT2D eigenvalue weighted by atomic mass is 9.86. The molecule has 0 fully saturated rings. The van der Waals surface area contributed by atoms with Crippen molar-refractivity contribution in [1.29, 1.82) is 10.5 Å². The van der Waals surface area contributed by atoms with Gasteiger partial charge in [0.15, 0.2) is 0 Å². The van der Waals surface area contributed by atoms with Crippen molar-refractivity contribution in [2.75, 3.05) is 13.2 Å². The third-order valence-electron chi connectivity index (χ3n) is 8.43. The van der Waals surface area contributed by atoms with Gasteiger partial charge in [-0.15, -0.1) is 0 Å². The Morgan fingerprint density at radius 1 is 0.705 bits per heavy atom. The Hall–Kier alpha value is -4.42. The van der Waals surface area contributed by atoms with Gasteiger partial charge in [-0.3, -0.25) is 0 Å². The third kappa shape index (κ3) is 8.57. The summed E-state index contributed by atoms with van der Waals surface area (Å²) < 4.78 is 12.0. The number of ether oxygens (including phenoxy) is 2. The van der Waals surface area contributed by atoms with Crippen LogP contribution in [-0.2, 0) is 35.3 Å². The Bertz CT molecular complexity index is 1530. The van der Waals surface area contributed by atoms with Gasteiger partial charge in [0.05, 0.1) is 24.3 Å². The van der Waals surface area contributed by atoms with Crippen molar-refractivity contribution in [3.8, 4) is 34.8 Å². The Morgan fingerprint density at radius 3 is 2.00 bits per heavy atom. The van der Waals surface area contributed by atoms with Crippen LogP contribution in [-0.4, -0.2) is 25.8 Å². The molecular formula is C38H42N2O4. The molecule has 3 aromatic carbocycles. The van der Waals surface area contributed by atoms with Gasteiger partial charge in [-0.1, -0.05) is 12.1 Å². The molecule has 0 heterocycles. The molecule has 0 unspecified atom stereocenters. The first-order valence-corrected chi connectivity index (χ1v) is 15.9. The van der Waals surface area contributed by atoms with Crippen LogP contribution in [0.15, 0.2) is 42.5 Å². The zero-order chi connectivity index (χ0) is 31.1. The summed E-state index contributed by atoms with van der Waals surface area (Å²) in [4.78, 5) is 21.0. The predicted molar refractivity (Wildman–Crippen MR) is 172 cm³/mol. The molecular weight excluding hydrogens is 548 g/mol. The van der Waals surface area contributed by atoms with Gasteiger partial charge in [0.2, 0.25) is 0 Å². The average molecular weight is 591 g/mol. The van der Waals surface area contributed by atoms with Crippen molar-refractivity contribution in [3.05, 3.63) is 81.4 Å². The topological polar surface area (TPSA) is 100 Å². The van der Waals surface area contributed by atoms with E-state index in [9.17, 15) is 20.1 Å². The SMILES string of the molecule is Cc1ccc(OCCCCCC=O)cc1CCc1cc2c(c(C#N)c1C#N)CCCc1cc(OCCCCCC=O)ccc1-2. The Labute approximate surface area is 261 Å². The summed E-state index contributed by atoms with van der Waals surface area (Å²) in [6.07, 6.45) is 12.6. The van der Waals surface area contributed by atoms with E-state index in [1.54, 1.807) is 0 Å². The molecule has 1 aliphatic rings. The fraction of sp³-hybridized carbons (Fsp3) is 0.421. The molecule has 0 aliphatic heterocycles. The number of unbranched alkanes of at least 4 members (excludes halogenated alkanes) is 6. The molecule has 0 atom stereocenters. The number of rotatable bonds is 17. The van der Waals surface area contributed by atoms with E-state index in [0.29, 0.717) is 43.6 Å². The quantitative estimate of drug-likeness (QED) is 0.117. The fourth-order valence-electron chi connectivity index (χ4n) is 5.98. The van der Waals surface area contributed by atoms with Crippen LogP contribution in [0.2, 0.25) is 0 Å². The second kappa shape index (κ2) is 17.0. The van der Waals surface area contributed by atoms with Crippen LogP contribution < -0.4 is 9.47 Å². The fourth-order valence-corrected chi connectivity index (χ4v) is 5.98. The van der Waals surface area contributed by atoms with Gasteiger partial charge in [0, 0.05) is 12.8 Å². The van der Waals surface area contributed by atoms with Gasteiger partial charge in [-0.25, -0.2) is 0 Å². The molecule has 0 saturated heterocycles. The smallest absolute Gasteiger partial charge is 0.119 e. The maximum atomic E-state index is 10.5. The number of aldehydes is 2. The summed E-state index contributed by atoms with van der Waals surface area (Å²) in [6.45, 7) is 3.32. The zero-order valence-corrected chi connectivity index (χ0v) is 25.8. The van der Waals surface area contributed by atoms with Crippen LogP contribution in [0.5, 0.6) is 11.5 Å². The molecule has 3 aromatic rings. The lowest BCUT2D eigenvalue weighted by Gasteiger charge is -2.17. The number of hydrogen-bond acceptors (Lipinski definition) is 6. The number of nitrogens with zero attached hydrogens (tertiary/aromatic N) is 2. The van der Waals surface area contributed by atoms with Crippen molar-refractivity contribution < 1.29 is 19.1 Å². The largest absolute Gasteiger partial charge is 0.494 e. The van der Waals surface area contributed by atoms with E-state index < -0.39 is 0 Å². The van der Waals surface area contributed by atoms with Crippen LogP contribution in [0.25, 0.3) is 11.1 Å². The molecule has 0 bridgehead atoms. The highest BCUT2D eigenvalue weighted by molar-refractivity contribution is 5.78. The molecule has 6 heteroatoms. The second-order valence-corrected chi connectivity index (χ2v) is 11.5. The van der Waals surface area contributed by atoms with Crippen LogP contribution >= 0.6 is 0 Å². The maximum Gasteiger partial charge on any atom is 0.119 e. The molecule has 0 aromatic heterocycles. The molecule has 4 rings (SSSR count). The van der Waals surface area contributed by atoms with Gasteiger partial charge >= 0.3 is 0 Å². The van der Waals surface area contributed by atoms with E-state index in [-0.39, 0.29) is 0 Å². The first-order valence-electron chi connectivity index (χ1n) is 15.9. The normalized spacial score (nSPS) is 11.8. The number of carbonyl (C=O) groups is 2. The van der Waals surface area contributed by atoms with Crippen LogP contribution in [0.4, 0.5) is 0 Å². The van der Waals surface area contributed by atoms with Gasteiger partial charge < -0.3 is 19.1 Å². The predicted octanol–water partition coefficient (Wildman–Crippen LogP) is 7.96. The highest BCUT2D eigenvalue weighted by atomic mass is 16.5. The molecule has 0 saturated carbocycles. The summed E-state index contributed by atoms with van der Waals surface area (Å²) in [7, 11) is 0. The molecule has 0 amide bonds. The van der Waals surface area contributed by atoms with Crippen LogP contribution in [0, 0.1) is 29.6 Å². The first kappa shape index (κ1) is 32.5. The van der Waals surface area contributed by atoms with Crippen molar-refractivity contribution in [3.63, 3.8) is 0 Å². The molecule has 0 radical (unpaired) electrons. The van der Waals surface area contributed by atoms with E-state index >= 15 is 0 Å². The number of nitriles is 2. The Kier molecular flexibility index (Phi) is 12.6. The third-order valence-corrected chi connectivity index (χ3v) is 8.43. The summed E-state index contributed by atoms with van der Waals surface area (Å²) >= 11 is 0. The van der Waals surface area contributed by atoms with E-state index in [4.69, 9.17) is 9.47 Å². The van der Waals surface area contributed by atoms with Crippen molar-refractivity contribution in [2.24, 2.45) is 0 Å². The number of benzene rings is 3. The minimum atomic E-state index is 0.490. The molecule has 0 N–H and O–H groups in total. The monoisotopic (exact) mass is 590 g/mol. The zero-order valence-electron chi connectivity index (χ0n) is 25.8. The minimum Gasteiger partial charge on any atom is -0.494 e. The van der Waals surface area contributed by atoms with E-state index in [0.717, 1.165) is 116 Å². The second-order valence-electron chi connectivity index (χ2n) is 11.5. The summed E-state index contributed by atoms with van der Waals surface area (Å²) in [5.41, 5.74) is 8.55. The van der Waals surface area contributed by atoms with Gasteiger partial charge in [0.1, 0.15) is 36.2 Å². The number of aryl methyl sites for hydroxylation is 4. The summed E-state index contributed by atoms with van der Waals surface area (Å²) in [6, 6.07) is 19.3. The van der Waals surface area contributed by atoms with Crippen LogP contribution in [0.1, 0.15) is 96.7 Å². The highest BCUT2D eigenvalue weighted by Crippen LogP contribution is 2.38.